The first-order valence-electron chi connectivity index (χ1n) is 9.16. The van der Waals surface area contributed by atoms with E-state index in [4.69, 9.17) is 0 Å². The van der Waals surface area contributed by atoms with Crippen molar-refractivity contribution in [1.29, 1.82) is 0 Å². The van der Waals surface area contributed by atoms with E-state index in [9.17, 15) is 14.9 Å². The summed E-state index contributed by atoms with van der Waals surface area (Å²) in [6.45, 7) is 0. The van der Waals surface area contributed by atoms with Crippen LogP contribution < -0.4 is 0 Å². The fraction of sp³-hybridized carbons (Fsp3) is 0.0435. The van der Waals surface area contributed by atoms with Crippen LogP contribution in [0.3, 0.4) is 0 Å². The number of hydrogen-bond donors (Lipinski definition) is 0. The molecule has 31 heavy (non-hydrogen) atoms. The zero-order valence-corrected chi connectivity index (χ0v) is 18.1. The SMILES string of the molecule is Cl.Cn1ccnc1Sc1ccc(/C=C/C(=O)c2ccc3ccccc3c2)cc1[N+](=O)[O-]. The average molecular weight is 452 g/mol. The van der Waals surface area contributed by atoms with Gasteiger partial charge in [0.25, 0.3) is 5.69 Å². The number of imidazole rings is 1. The van der Waals surface area contributed by atoms with Gasteiger partial charge in [-0.25, -0.2) is 4.98 Å². The number of aryl methyl sites for hydroxylation is 1. The van der Waals surface area contributed by atoms with E-state index in [0.29, 0.717) is 21.2 Å². The van der Waals surface area contributed by atoms with Gasteiger partial charge in [0.05, 0.1) is 9.82 Å². The Morgan fingerprint density at radius 2 is 1.87 bits per heavy atom. The highest BCUT2D eigenvalue weighted by Gasteiger charge is 2.17. The minimum Gasteiger partial charge on any atom is -0.329 e. The summed E-state index contributed by atoms with van der Waals surface area (Å²) < 4.78 is 1.80. The number of nitro groups is 1. The molecule has 4 rings (SSSR count). The van der Waals surface area contributed by atoms with Gasteiger partial charge in [0.15, 0.2) is 10.9 Å². The van der Waals surface area contributed by atoms with Gasteiger partial charge in [-0.2, -0.15) is 0 Å². The van der Waals surface area contributed by atoms with Crippen molar-refractivity contribution in [3.05, 3.63) is 100 Å². The van der Waals surface area contributed by atoms with Crippen molar-refractivity contribution in [2.45, 2.75) is 10.1 Å². The predicted octanol–water partition coefficient (Wildman–Crippen LogP) is 5.95. The lowest BCUT2D eigenvalue weighted by Gasteiger charge is -2.04. The molecule has 0 aliphatic rings. The van der Waals surface area contributed by atoms with Crippen molar-refractivity contribution in [3.8, 4) is 0 Å². The number of aromatic nitrogens is 2. The molecule has 1 heterocycles. The molecule has 156 valence electrons. The third-order valence-electron chi connectivity index (χ3n) is 4.62. The number of rotatable bonds is 6. The first kappa shape index (κ1) is 22.3. The standard InChI is InChI=1S/C23H17N3O3S.ClH/c1-25-13-12-24-23(25)30-22-11-7-16(14-20(22)26(28)29)6-10-21(27)19-9-8-17-4-2-3-5-18(17)15-19;/h2-15H,1H3;1H/b10-6+;. The molecule has 0 radical (unpaired) electrons. The number of carbonyl (C=O) groups is 1. The van der Waals surface area contributed by atoms with E-state index < -0.39 is 4.92 Å². The maximum Gasteiger partial charge on any atom is 0.283 e. The molecule has 0 unspecified atom stereocenters. The number of hydrogen-bond acceptors (Lipinski definition) is 5. The molecule has 0 saturated heterocycles. The molecule has 0 atom stereocenters. The van der Waals surface area contributed by atoms with Crippen molar-refractivity contribution in [2.75, 3.05) is 0 Å². The molecule has 0 amide bonds. The van der Waals surface area contributed by atoms with E-state index in [-0.39, 0.29) is 23.9 Å². The third kappa shape index (κ3) is 5.02. The van der Waals surface area contributed by atoms with Crippen molar-refractivity contribution in [3.63, 3.8) is 0 Å². The predicted molar refractivity (Wildman–Crippen MR) is 125 cm³/mol. The number of benzene rings is 3. The summed E-state index contributed by atoms with van der Waals surface area (Å²) in [5, 5.41) is 14.3. The molecular formula is C23H18ClN3O3S. The van der Waals surface area contributed by atoms with E-state index in [0.717, 1.165) is 10.8 Å². The Bertz CT molecular complexity index is 1300. The number of nitrogens with zero attached hydrogens (tertiary/aromatic N) is 3. The molecule has 4 aromatic rings. The van der Waals surface area contributed by atoms with Crippen LogP contribution in [0.2, 0.25) is 0 Å². The zero-order valence-electron chi connectivity index (χ0n) is 16.5. The Hall–Kier alpha value is -3.42. The summed E-state index contributed by atoms with van der Waals surface area (Å²) in [4.78, 5) is 28.4. The van der Waals surface area contributed by atoms with Gasteiger partial charge in [0, 0.05) is 31.1 Å². The number of allylic oxidation sites excluding steroid dienone is 1. The number of nitro benzene ring substituents is 1. The summed E-state index contributed by atoms with van der Waals surface area (Å²) >= 11 is 1.23. The first-order valence-corrected chi connectivity index (χ1v) is 9.98. The summed E-state index contributed by atoms with van der Waals surface area (Å²) in [7, 11) is 1.83. The lowest BCUT2D eigenvalue weighted by Crippen LogP contribution is -1.95. The van der Waals surface area contributed by atoms with E-state index in [1.165, 1.54) is 23.9 Å². The number of carbonyl (C=O) groups excluding carboxylic acids is 1. The van der Waals surface area contributed by atoms with E-state index >= 15 is 0 Å². The second kappa shape index (κ2) is 9.59. The van der Waals surface area contributed by atoms with Crippen molar-refractivity contribution < 1.29 is 9.72 Å². The number of fused-ring (bicyclic) bond motifs is 1. The summed E-state index contributed by atoms with van der Waals surface area (Å²) in [5.41, 5.74) is 1.13. The summed E-state index contributed by atoms with van der Waals surface area (Å²) in [5.74, 6) is -0.158. The Morgan fingerprint density at radius 1 is 1.10 bits per heavy atom. The Morgan fingerprint density at radius 3 is 2.58 bits per heavy atom. The van der Waals surface area contributed by atoms with Crippen molar-refractivity contribution in [1.82, 2.24) is 9.55 Å². The van der Waals surface area contributed by atoms with Gasteiger partial charge in [-0.15, -0.1) is 12.4 Å². The van der Waals surface area contributed by atoms with Crippen LogP contribution in [0.25, 0.3) is 16.8 Å². The van der Waals surface area contributed by atoms with Crippen LogP contribution in [-0.2, 0) is 7.05 Å². The largest absolute Gasteiger partial charge is 0.329 e. The monoisotopic (exact) mass is 451 g/mol. The van der Waals surface area contributed by atoms with Crippen LogP contribution >= 0.6 is 24.2 Å². The van der Waals surface area contributed by atoms with Crippen molar-refractivity contribution in [2.24, 2.45) is 7.05 Å². The van der Waals surface area contributed by atoms with Crippen LogP contribution in [-0.4, -0.2) is 20.3 Å². The van der Waals surface area contributed by atoms with E-state index in [1.54, 1.807) is 41.2 Å². The fourth-order valence-electron chi connectivity index (χ4n) is 3.03. The molecule has 0 fully saturated rings. The van der Waals surface area contributed by atoms with Gasteiger partial charge in [-0.1, -0.05) is 48.5 Å². The Kier molecular flexibility index (Phi) is 6.89. The lowest BCUT2D eigenvalue weighted by molar-refractivity contribution is -0.387. The molecule has 0 spiro atoms. The molecule has 3 aromatic carbocycles. The Balaban J connectivity index is 0.00000272. The normalized spacial score (nSPS) is 10.9. The molecule has 0 N–H and O–H groups in total. The molecular weight excluding hydrogens is 434 g/mol. The molecule has 6 nitrogen and oxygen atoms in total. The second-order valence-corrected chi connectivity index (χ2v) is 7.68. The third-order valence-corrected chi connectivity index (χ3v) is 5.76. The highest BCUT2D eigenvalue weighted by Crippen LogP contribution is 2.34. The van der Waals surface area contributed by atoms with E-state index in [1.807, 2.05) is 43.4 Å². The summed E-state index contributed by atoms with van der Waals surface area (Å²) in [6, 6.07) is 18.3. The maximum absolute atomic E-state index is 12.6. The maximum atomic E-state index is 12.6. The fourth-order valence-corrected chi connectivity index (χ4v) is 3.92. The topological polar surface area (TPSA) is 78.0 Å². The Labute approximate surface area is 189 Å². The minimum absolute atomic E-state index is 0. The molecule has 0 aliphatic heterocycles. The van der Waals surface area contributed by atoms with Gasteiger partial charge in [-0.3, -0.25) is 14.9 Å². The van der Waals surface area contributed by atoms with Crippen LogP contribution in [0.5, 0.6) is 0 Å². The molecule has 8 heteroatoms. The van der Waals surface area contributed by atoms with Crippen LogP contribution in [0.4, 0.5) is 5.69 Å². The molecule has 1 aromatic heterocycles. The molecule has 0 saturated carbocycles. The highest BCUT2D eigenvalue weighted by atomic mass is 35.5. The smallest absolute Gasteiger partial charge is 0.283 e. The van der Waals surface area contributed by atoms with Gasteiger partial charge < -0.3 is 4.57 Å². The van der Waals surface area contributed by atoms with Gasteiger partial charge in [-0.05, 0) is 46.3 Å². The van der Waals surface area contributed by atoms with Crippen molar-refractivity contribution >= 4 is 52.5 Å². The van der Waals surface area contributed by atoms with Gasteiger partial charge in [0.2, 0.25) is 0 Å². The first-order chi connectivity index (χ1) is 14.5. The highest BCUT2D eigenvalue weighted by molar-refractivity contribution is 7.99. The van der Waals surface area contributed by atoms with Gasteiger partial charge in [0.1, 0.15) is 0 Å². The quantitative estimate of drug-likeness (QED) is 0.157. The van der Waals surface area contributed by atoms with E-state index in [2.05, 4.69) is 4.98 Å². The average Bonchev–Trinajstić information content (AvgIpc) is 3.16. The number of ketones is 1. The van der Waals surface area contributed by atoms with Gasteiger partial charge >= 0.3 is 0 Å². The second-order valence-electron chi connectivity index (χ2n) is 6.67. The van der Waals surface area contributed by atoms with Crippen LogP contribution in [0.15, 0.2) is 89.2 Å². The van der Waals surface area contributed by atoms with Crippen LogP contribution in [0.1, 0.15) is 15.9 Å². The number of halogens is 1. The minimum atomic E-state index is -0.423. The molecule has 0 aliphatic carbocycles. The zero-order chi connectivity index (χ0) is 21.1. The lowest BCUT2D eigenvalue weighted by atomic mass is 10.0. The molecule has 0 bridgehead atoms. The van der Waals surface area contributed by atoms with Crippen LogP contribution in [0, 0.1) is 10.1 Å². The summed E-state index contributed by atoms with van der Waals surface area (Å²) in [6.07, 6.45) is 6.46.